The highest BCUT2D eigenvalue weighted by Crippen LogP contribution is 2.24. The number of nitrogen functional groups attached to an aromatic ring is 1. The highest BCUT2D eigenvalue weighted by atomic mass is 16.5. The Kier molecular flexibility index (Phi) is 7.09. The maximum atomic E-state index is 12.6. The van der Waals surface area contributed by atoms with Gasteiger partial charge in [0.2, 0.25) is 0 Å². The van der Waals surface area contributed by atoms with Crippen LogP contribution in [-0.2, 0) is 26.2 Å². The Balaban J connectivity index is 1.51. The summed E-state index contributed by atoms with van der Waals surface area (Å²) >= 11 is 0. The van der Waals surface area contributed by atoms with Crippen LogP contribution in [0.3, 0.4) is 0 Å². The van der Waals surface area contributed by atoms with Gasteiger partial charge in [0.25, 0.3) is 0 Å². The highest BCUT2D eigenvalue weighted by molar-refractivity contribution is 5.82. The van der Waals surface area contributed by atoms with Gasteiger partial charge in [0.1, 0.15) is 11.3 Å². The summed E-state index contributed by atoms with van der Waals surface area (Å²) in [6, 6.07) is 13.8. The predicted octanol–water partition coefficient (Wildman–Crippen LogP) is 1.94. The lowest BCUT2D eigenvalue weighted by Crippen LogP contribution is -2.18. The van der Waals surface area contributed by atoms with Gasteiger partial charge >= 0.3 is 11.7 Å². The van der Waals surface area contributed by atoms with Gasteiger partial charge in [0, 0.05) is 18.7 Å². The van der Waals surface area contributed by atoms with Crippen molar-refractivity contribution >= 4 is 17.0 Å². The molecule has 0 amide bonds. The number of aromatic amines is 1. The van der Waals surface area contributed by atoms with Crippen molar-refractivity contribution in [1.29, 1.82) is 0 Å². The van der Waals surface area contributed by atoms with E-state index in [-0.39, 0.29) is 30.7 Å². The Morgan fingerprint density at radius 2 is 1.79 bits per heavy atom. The molecule has 0 aliphatic rings. The number of nitrogens with one attached hydrogen (secondary N) is 2. The first-order valence-electron chi connectivity index (χ1n) is 11.0. The van der Waals surface area contributed by atoms with Crippen molar-refractivity contribution in [2.24, 2.45) is 0 Å². The number of benzene rings is 2. The fourth-order valence-corrected chi connectivity index (χ4v) is 3.68. The molecule has 10 heteroatoms. The van der Waals surface area contributed by atoms with Crippen molar-refractivity contribution in [3.05, 3.63) is 75.2 Å². The Morgan fingerprint density at radius 1 is 1.09 bits per heavy atom. The van der Waals surface area contributed by atoms with Gasteiger partial charge in [-0.3, -0.25) is 4.57 Å². The summed E-state index contributed by atoms with van der Waals surface area (Å²) in [5.74, 6) is 0.823. The van der Waals surface area contributed by atoms with Gasteiger partial charge < -0.3 is 30.6 Å². The third-order valence-corrected chi connectivity index (χ3v) is 5.45. The van der Waals surface area contributed by atoms with Crippen molar-refractivity contribution in [3.63, 3.8) is 0 Å². The van der Waals surface area contributed by atoms with Crippen molar-refractivity contribution in [2.75, 3.05) is 19.5 Å². The SMILES string of the molecule is CCOc1nc(N)c2[nH]c(=O)n(Cc3ccc(CNCc4ccc(CO)cc4)cc3OC)c2n1. The molecule has 10 nitrogen and oxygen atoms in total. The predicted molar refractivity (Wildman–Crippen MR) is 129 cm³/mol. The number of ether oxygens (including phenoxy) is 2. The van der Waals surface area contributed by atoms with Crippen molar-refractivity contribution in [1.82, 2.24) is 24.8 Å². The molecule has 4 rings (SSSR count). The molecule has 0 atom stereocenters. The van der Waals surface area contributed by atoms with Crippen LogP contribution < -0.4 is 26.2 Å². The minimum Gasteiger partial charge on any atom is -0.496 e. The maximum Gasteiger partial charge on any atom is 0.328 e. The fraction of sp³-hybridized carbons (Fsp3) is 0.292. The summed E-state index contributed by atoms with van der Waals surface area (Å²) in [6.45, 7) is 3.84. The molecule has 0 spiro atoms. The molecule has 0 saturated heterocycles. The fourth-order valence-electron chi connectivity index (χ4n) is 3.68. The molecule has 0 radical (unpaired) electrons. The zero-order valence-electron chi connectivity index (χ0n) is 19.2. The molecule has 0 aliphatic carbocycles. The zero-order valence-corrected chi connectivity index (χ0v) is 19.2. The topological polar surface area (TPSA) is 140 Å². The summed E-state index contributed by atoms with van der Waals surface area (Å²) in [7, 11) is 1.60. The van der Waals surface area contributed by atoms with Gasteiger partial charge in [0.15, 0.2) is 11.5 Å². The Morgan fingerprint density at radius 3 is 2.50 bits per heavy atom. The molecule has 2 heterocycles. The summed E-state index contributed by atoms with van der Waals surface area (Å²) in [6.07, 6.45) is 0. The second-order valence-electron chi connectivity index (χ2n) is 7.76. The summed E-state index contributed by atoms with van der Waals surface area (Å²) in [5, 5.41) is 12.6. The Hall–Kier alpha value is -3.89. The first-order chi connectivity index (χ1) is 16.5. The minimum atomic E-state index is -0.343. The number of nitrogens with zero attached hydrogens (tertiary/aromatic N) is 3. The average molecular weight is 465 g/mol. The molecule has 178 valence electrons. The lowest BCUT2D eigenvalue weighted by atomic mass is 10.1. The second-order valence-corrected chi connectivity index (χ2v) is 7.76. The van der Waals surface area contributed by atoms with Gasteiger partial charge in [-0.15, -0.1) is 0 Å². The van der Waals surface area contributed by atoms with Gasteiger partial charge in [-0.1, -0.05) is 36.4 Å². The number of methoxy groups -OCH3 is 1. The molecule has 0 unspecified atom stereocenters. The number of imidazole rings is 1. The largest absolute Gasteiger partial charge is 0.496 e. The van der Waals surface area contributed by atoms with Crippen LogP contribution >= 0.6 is 0 Å². The van der Waals surface area contributed by atoms with Gasteiger partial charge in [-0.2, -0.15) is 9.97 Å². The standard InChI is InChI=1S/C24H28N6O4/c1-3-34-23-28-21(25)20-22(29-23)30(24(32)27-20)13-18-9-8-17(10-19(18)33-2)12-26-11-15-4-6-16(14-31)7-5-15/h4-10,26,31H,3,11-14H2,1-2H3,(H,27,32)(H2,25,28,29). The van der Waals surface area contributed by atoms with Gasteiger partial charge in [-0.25, -0.2) is 4.79 Å². The average Bonchev–Trinajstić information content (AvgIpc) is 3.16. The third-order valence-electron chi connectivity index (χ3n) is 5.45. The maximum absolute atomic E-state index is 12.6. The van der Waals surface area contributed by atoms with E-state index >= 15 is 0 Å². The third kappa shape index (κ3) is 5.03. The zero-order chi connectivity index (χ0) is 24.1. The van der Waals surface area contributed by atoms with E-state index in [0.717, 1.165) is 22.3 Å². The van der Waals surface area contributed by atoms with E-state index in [1.165, 1.54) is 4.57 Å². The molecule has 0 fully saturated rings. The van der Waals surface area contributed by atoms with Crippen LogP contribution in [0.25, 0.3) is 11.2 Å². The molecule has 0 bridgehead atoms. The number of fused-ring (bicyclic) bond motifs is 1. The van der Waals surface area contributed by atoms with Gasteiger partial charge in [-0.05, 0) is 29.7 Å². The lowest BCUT2D eigenvalue weighted by molar-refractivity contribution is 0.282. The number of H-pyrrole nitrogens is 1. The minimum absolute atomic E-state index is 0.0402. The van der Waals surface area contributed by atoms with E-state index in [2.05, 4.69) is 20.3 Å². The summed E-state index contributed by atoms with van der Waals surface area (Å²) in [5.41, 5.74) is 10.3. The lowest BCUT2D eigenvalue weighted by Gasteiger charge is -2.12. The van der Waals surface area contributed by atoms with E-state index in [0.29, 0.717) is 36.6 Å². The van der Waals surface area contributed by atoms with Crippen molar-refractivity contribution in [2.45, 2.75) is 33.2 Å². The molecule has 0 saturated carbocycles. The normalized spacial score (nSPS) is 11.1. The van der Waals surface area contributed by atoms with E-state index in [1.807, 2.05) is 49.4 Å². The number of anilines is 1. The molecular weight excluding hydrogens is 436 g/mol. The summed E-state index contributed by atoms with van der Waals surface area (Å²) < 4.78 is 12.5. The molecule has 0 aliphatic heterocycles. The van der Waals surface area contributed by atoms with Gasteiger partial charge in [0.05, 0.1) is 26.9 Å². The molecular formula is C24H28N6O4. The smallest absolute Gasteiger partial charge is 0.328 e. The van der Waals surface area contributed by atoms with E-state index < -0.39 is 0 Å². The Bertz CT molecular complexity index is 1330. The molecule has 2 aromatic heterocycles. The number of nitrogens with two attached hydrogens (primary N) is 1. The molecule has 5 N–H and O–H groups in total. The molecule has 2 aromatic carbocycles. The van der Waals surface area contributed by atoms with Crippen LogP contribution in [0, 0.1) is 0 Å². The number of aliphatic hydroxyl groups excluding tert-OH is 1. The van der Waals surface area contributed by atoms with E-state index in [1.54, 1.807) is 7.11 Å². The monoisotopic (exact) mass is 464 g/mol. The first-order valence-corrected chi connectivity index (χ1v) is 11.0. The van der Waals surface area contributed by atoms with E-state index in [4.69, 9.17) is 20.3 Å². The number of rotatable bonds is 10. The summed E-state index contributed by atoms with van der Waals surface area (Å²) in [4.78, 5) is 23.8. The van der Waals surface area contributed by atoms with Crippen LogP contribution in [0.15, 0.2) is 47.3 Å². The molecule has 4 aromatic rings. The van der Waals surface area contributed by atoms with Crippen LogP contribution in [-0.4, -0.2) is 38.3 Å². The number of hydrogen-bond donors (Lipinski definition) is 4. The Labute approximate surface area is 196 Å². The van der Waals surface area contributed by atoms with Crippen LogP contribution in [0.2, 0.25) is 0 Å². The quantitative estimate of drug-likeness (QED) is 0.279. The van der Waals surface area contributed by atoms with Crippen LogP contribution in [0.5, 0.6) is 11.8 Å². The van der Waals surface area contributed by atoms with Crippen molar-refractivity contribution < 1.29 is 14.6 Å². The molecule has 34 heavy (non-hydrogen) atoms. The van der Waals surface area contributed by atoms with Crippen molar-refractivity contribution in [3.8, 4) is 11.8 Å². The van der Waals surface area contributed by atoms with Crippen LogP contribution in [0.4, 0.5) is 5.82 Å². The second kappa shape index (κ2) is 10.4. The first kappa shape index (κ1) is 23.3. The highest BCUT2D eigenvalue weighted by Gasteiger charge is 2.16. The van der Waals surface area contributed by atoms with E-state index in [9.17, 15) is 4.79 Å². The number of aromatic nitrogens is 4. The van der Waals surface area contributed by atoms with Crippen LogP contribution in [0.1, 0.15) is 29.2 Å². The number of hydrogen-bond acceptors (Lipinski definition) is 8. The number of aliphatic hydroxyl groups is 1.